The van der Waals surface area contributed by atoms with Crippen molar-refractivity contribution in [2.24, 2.45) is 34.5 Å². The average Bonchev–Trinajstić information content (AvgIpc) is 2.97. The monoisotopic (exact) mass is 412 g/mol. The lowest BCUT2D eigenvalue weighted by atomic mass is 9.47. The minimum absolute atomic E-state index is 0.0144. The quantitative estimate of drug-likeness (QED) is 0.429. The van der Waals surface area contributed by atoms with Crippen LogP contribution in [-0.4, -0.2) is 32.2 Å². The topological polar surface area (TPSA) is 89.9 Å². The molecule has 3 fully saturated rings. The normalized spacial score (nSPS) is 45.4. The van der Waals surface area contributed by atoms with E-state index in [4.69, 9.17) is 13.5 Å². The van der Waals surface area contributed by atoms with E-state index in [0.29, 0.717) is 30.6 Å². The van der Waals surface area contributed by atoms with Gasteiger partial charge >= 0.3 is 16.4 Å². The zero-order valence-electron chi connectivity index (χ0n) is 17.0. The van der Waals surface area contributed by atoms with Crippen LogP contribution in [0, 0.1) is 34.5 Å². The number of hydrogen-bond donors (Lipinski definition) is 1. The summed E-state index contributed by atoms with van der Waals surface area (Å²) in [6.45, 7) is 4.62. The van der Waals surface area contributed by atoms with Crippen molar-refractivity contribution in [1.29, 1.82) is 0 Å². The summed E-state index contributed by atoms with van der Waals surface area (Å²) >= 11 is 0. The summed E-state index contributed by atoms with van der Waals surface area (Å²) < 4.78 is 41.2. The Morgan fingerprint density at radius 2 is 1.89 bits per heavy atom. The van der Waals surface area contributed by atoms with Gasteiger partial charge in [-0.05, 0) is 80.0 Å². The summed E-state index contributed by atoms with van der Waals surface area (Å²) in [5, 5.41) is 0. The lowest BCUT2D eigenvalue weighted by molar-refractivity contribution is -0.152. The van der Waals surface area contributed by atoms with Crippen molar-refractivity contribution in [3.8, 4) is 0 Å². The Bertz CT molecular complexity index is 789. The molecule has 4 rings (SSSR count). The second-order valence-electron chi connectivity index (χ2n) is 9.85. The molecule has 0 heterocycles. The third-order valence-electron chi connectivity index (χ3n) is 8.80. The predicted octanol–water partition coefficient (Wildman–Crippen LogP) is 3.93. The van der Waals surface area contributed by atoms with Crippen LogP contribution in [0.4, 0.5) is 0 Å². The molecule has 1 N–H and O–H groups in total. The molecule has 158 valence electrons. The minimum atomic E-state index is -4.41. The van der Waals surface area contributed by atoms with E-state index < -0.39 is 16.5 Å². The lowest BCUT2D eigenvalue weighted by Gasteiger charge is -2.57. The highest BCUT2D eigenvalue weighted by Crippen LogP contribution is 2.66. The van der Waals surface area contributed by atoms with Gasteiger partial charge in [-0.2, -0.15) is 8.42 Å². The average molecular weight is 413 g/mol. The molecule has 7 heteroatoms. The maximum Gasteiger partial charge on any atom is 0.397 e. The Labute approximate surface area is 168 Å². The van der Waals surface area contributed by atoms with Crippen molar-refractivity contribution in [2.75, 3.05) is 7.11 Å². The van der Waals surface area contributed by atoms with Crippen LogP contribution in [0.25, 0.3) is 0 Å². The summed E-state index contributed by atoms with van der Waals surface area (Å²) in [7, 11) is -2.92. The number of fused-ring (bicyclic) bond motifs is 5. The summed E-state index contributed by atoms with van der Waals surface area (Å²) in [6, 6.07) is 0. The summed E-state index contributed by atoms with van der Waals surface area (Å²) in [5.41, 5.74) is 1.38. The molecule has 0 aromatic heterocycles. The smallest absolute Gasteiger partial charge is 0.397 e. The molecule has 0 aromatic carbocycles. The third-order valence-corrected chi connectivity index (χ3v) is 9.32. The minimum Gasteiger partial charge on any atom is -0.469 e. The highest BCUT2D eigenvalue weighted by atomic mass is 32.3. The summed E-state index contributed by atoms with van der Waals surface area (Å²) in [4.78, 5) is 12.4. The Morgan fingerprint density at radius 3 is 2.57 bits per heavy atom. The van der Waals surface area contributed by atoms with Crippen LogP contribution in [0.5, 0.6) is 0 Å². The van der Waals surface area contributed by atoms with E-state index in [0.717, 1.165) is 38.5 Å². The maximum absolute atomic E-state index is 12.4. The number of ether oxygens (including phenoxy) is 1. The van der Waals surface area contributed by atoms with Crippen LogP contribution in [0.3, 0.4) is 0 Å². The van der Waals surface area contributed by atoms with Gasteiger partial charge in [-0.15, -0.1) is 0 Å². The summed E-state index contributed by atoms with van der Waals surface area (Å²) in [5.74, 6) is 1.64. The molecule has 6 nitrogen and oxygen atoms in total. The van der Waals surface area contributed by atoms with E-state index in [2.05, 4.69) is 19.9 Å². The Balaban J connectivity index is 1.57. The highest BCUT2D eigenvalue weighted by molar-refractivity contribution is 7.80. The van der Waals surface area contributed by atoms with Crippen molar-refractivity contribution in [3.05, 3.63) is 11.6 Å². The van der Waals surface area contributed by atoms with Crippen LogP contribution in [-0.2, 0) is 24.1 Å². The number of esters is 1. The first kappa shape index (κ1) is 20.4. The highest BCUT2D eigenvalue weighted by Gasteiger charge is 2.60. The predicted molar refractivity (Wildman–Crippen MR) is 104 cm³/mol. The standard InChI is InChI=1S/C21H32O6S/c1-20-10-8-14(27-28(23,24)25)12-13(20)4-5-15-16-6-7-18(19(22)26-3)21(16,2)11-9-17(15)20/h4,14-18H,5-12H2,1-3H3,(H,23,24,25)/t14-,15-,16-,17-,18+,20-,21-/m0/s1. The fourth-order valence-corrected chi connectivity index (χ4v) is 7.92. The zero-order chi connectivity index (χ0) is 20.3. The molecule has 0 aliphatic heterocycles. The van der Waals surface area contributed by atoms with Gasteiger partial charge in [0.15, 0.2) is 0 Å². The van der Waals surface area contributed by atoms with Gasteiger partial charge in [-0.1, -0.05) is 25.5 Å². The van der Waals surface area contributed by atoms with Crippen molar-refractivity contribution in [3.63, 3.8) is 0 Å². The largest absolute Gasteiger partial charge is 0.469 e. The van der Waals surface area contributed by atoms with Crippen LogP contribution >= 0.6 is 0 Å². The first-order valence-corrected chi connectivity index (χ1v) is 11.9. The maximum atomic E-state index is 12.4. The van der Waals surface area contributed by atoms with Gasteiger partial charge in [0.1, 0.15) is 0 Å². The third kappa shape index (κ3) is 3.14. The van der Waals surface area contributed by atoms with Crippen molar-refractivity contribution < 1.29 is 26.7 Å². The first-order chi connectivity index (χ1) is 13.1. The van der Waals surface area contributed by atoms with E-state index in [1.54, 1.807) is 0 Å². The van der Waals surface area contributed by atoms with E-state index in [1.165, 1.54) is 12.7 Å². The Kier molecular flexibility index (Phi) is 4.95. The number of carbonyl (C=O) groups excluding carboxylic acids is 1. The van der Waals surface area contributed by atoms with Crippen molar-refractivity contribution in [2.45, 2.75) is 71.3 Å². The van der Waals surface area contributed by atoms with Gasteiger partial charge < -0.3 is 4.74 Å². The van der Waals surface area contributed by atoms with E-state index in [9.17, 15) is 13.2 Å². The molecule has 0 saturated heterocycles. The molecule has 0 amide bonds. The molecule has 7 atom stereocenters. The van der Waals surface area contributed by atoms with Gasteiger partial charge in [0, 0.05) is 0 Å². The van der Waals surface area contributed by atoms with Crippen LogP contribution in [0.2, 0.25) is 0 Å². The molecule has 4 aliphatic carbocycles. The molecular formula is C21H32O6S. The number of methoxy groups -OCH3 is 1. The number of rotatable bonds is 3. The van der Waals surface area contributed by atoms with Gasteiger partial charge in [0.25, 0.3) is 0 Å². The fraction of sp³-hybridized carbons (Fsp3) is 0.857. The van der Waals surface area contributed by atoms with E-state index >= 15 is 0 Å². The van der Waals surface area contributed by atoms with Crippen LogP contribution in [0.1, 0.15) is 65.2 Å². The van der Waals surface area contributed by atoms with Crippen LogP contribution in [0.15, 0.2) is 11.6 Å². The molecule has 0 spiro atoms. The summed E-state index contributed by atoms with van der Waals surface area (Å²) in [6.07, 6.45) is 9.09. The molecular weight excluding hydrogens is 380 g/mol. The second-order valence-corrected chi connectivity index (χ2v) is 10.9. The molecule has 3 saturated carbocycles. The molecule has 0 radical (unpaired) electrons. The molecule has 4 aliphatic rings. The van der Waals surface area contributed by atoms with Crippen molar-refractivity contribution >= 4 is 16.4 Å². The molecule has 0 bridgehead atoms. The SMILES string of the molecule is COC(=O)[C@H]1CC[C@H]2[C@@H]3CC=C4C[C@@H](OS(=O)(=O)O)CC[C@]4(C)[C@H]3CC[C@]12C. The van der Waals surface area contributed by atoms with Gasteiger partial charge in [-0.25, -0.2) is 4.18 Å². The lowest BCUT2D eigenvalue weighted by Crippen LogP contribution is -2.51. The van der Waals surface area contributed by atoms with Gasteiger partial charge in [-0.3, -0.25) is 9.35 Å². The Morgan fingerprint density at radius 1 is 1.14 bits per heavy atom. The first-order valence-electron chi connectivity index (χ1n) is 10.5. The number of hydrogen-bond acceptors (Lipinski definition) is 5. The van der Waals surface area contributed by atoms with E-state index in [1.807, 2.05) is 0 Å². The molecule has 0 unspecified atom stereocenters. The van der Waals surface area contributed by atoms with Gasteiger partial charge in [0.05, 0.1) is 19.1 Å². The molecule has 0 aromatic rings. The van der Waals surface area contributed by atoms with Crippen LogP contribution < -0.4 is 0 Å². The second kappa shape index (κ2) is 6.81. The fourth-order valence-electron chi connectivity index (χ4n) is 7.41. The molecule has 28 heavy (non-hydrogen) atoms. The number of carbonyl (C=O) groups is 1. The van der Waals surface area contributed by atoms with Crippen molar-refractivity contribution in [1.82, 2.24) is 0 Å². The number of allylic oxidation sites excluding steroid dienone is 1. The Hall–Kier alpha value is -0.920. The van der Waals surface area contributed by atoms with E-state index in [-0.39, 0.29) is 22.7 Å². The van der Waals surface area contributed by atoms with Gasteiger partial charge in [0.2, 0.25) is 0 Å². The zero-order valence-corrected chi connectivity index (χ0v) is 17.8.